The van der Waals surface area contributed by atoms with Crippen LogP contribution in [0.1, 0.15) is 29.2 Å². The van der Waals surface area contributed by atoms with Gasteiger partial charge in [0, 0.05) is 43.6 Å². The predicted molar refractivity (Wildman–Crippen MR) is 77.0 cm³/mol. The van der Waals surface area contributed by atoms with Crippen LogP contribution in [0, 0.1) is 12.8 Å². The quantitative estimate of drug-likeness (QED) is 0.787. The van der Waals surface area contributed by atoms with E-state index >= 15 is 0 Å². The molecule has 1 fully saturated rings. The maximum atomic E-state index is 12.3. The number of furan rings is 1. The molecule has 0 N–H and O–H groups in total. The molecule has 0 bridgehead atoms. The number of aryl methyl sites for hydroxylation is 1. The summed E-state index contributed by atoms with van der Waals surface area (Å²) in [4.78, 5) is 13.8. The van der Waals surface area contributed by atoms with Gasteiger partial charge in [-0.2, -0.15) is 0 Å². The Hall–Kier alpha value is -1.05. The minimum absolute atomic E-state index is 0.0110. The topological polar surface area (TPSA) is 76.8 Å². The lowest BCUT2D eigenvalue weighted by Crippen LogP contribution is -2.39. The molecule has 1 aliphatic heterocycles. The summed E-state index contributed by atoms with van der Waals surface area (Å²) in [5, 5.41) is 0. The molecule has 8 heteroatoms. The maximum absolute atomic E-state index is 12.3. The van der Waals surface area contributed by atoms with Crippen LogP contribution in [0.4, 0.5) is 0 Å². The number of nitrogens with zero attached hydrogens (tertiary/aromatic N) is 1. The first-order valence-corrected chi connectivity index (χ1v) is 8.97. The Bertz CT molecular complexity index is 617. The van der Waals surface area contributed by atoms with Gasteiger partial charge in [0.1, 0.15) is 10.7 Å². The zero-order chi connectivity index (χ0) is 15.6. The monoisotopic (exact) mass is 335 g/mol. The third kappa shape index (κ3) is 3.78. The van der Waals surface area contributed by atoms with Gasteiger partial charge >= 0.3 is 0 Å². The molecule has 0 saturated carbocycles. The van der Waals surface area contributed by atoms with Crippen molar-refractivity contribution in [3.8, 4) is 0 Å². The van der Waals surface area contributed by atoms with Crippen LogP contribution in [0.2, 0.25) is 0 Å². The maximum Gasteiger partial charge on any atom is 0.289 e. The second-order valence-electron chi connectivity index (χ2n) is 5.16. The molecule has 1 amide bonds. The van der Waals surface area contributed by atoms with E-state index < -0.39 is 9.05 Å². The lowest BCUT2D eigenvalue weighted by Gasteiger charge is -2.31. The molecule has 6 nitrogen and oxygen atoms in total. The lowest BCUT2D eigenvalue weighted by molar-refractivity contribution is 0.0584. The number of ether oxygens (including phenoxy) is 1. The average Bonchev–Trinajstić information content (AvgIpc) is 2.81. The first-order chi connectivity index (χ1) is 9.82. The van der Waals surface area contributed by atoms with Gasteiger partial charge in [-0.05, 0) is 25.7 Å². The van der Waals surface area contributed by atoms with Crippen molar-refractivity contribution < 1.29 is 22.4 Å². The third-order valence-corrected chi connectivity index (χ3v) is 5.08. The number of carbonyl (C=O) groups excluding carboxylic acids is 1. The fraction of sp³-hybridized carbons (Fsp3) is 0.615. The molecule has 2 rings (SSSR count). The van der Waals surface area contributed by atoms with Gasteiger partial charge in [0.25, 0.3) is 15.0 Å². The molecule has 1 saturated heterocycles. The summed E-state index contributed by atoms with van der Waals surface area (Å²) in [6, 6.07) is 1.20. The summed E-state index contributed by atoms with van der Waals surface area (Å²) < 4.78 is 33.1. The molecule has 0 unspecified atom stereocenters. The van der Waals surface area contributed by atoms with E-state index in [1.807, 2.05) is 0 Å². The van der Waals surface area contributed by atoms with Gasteiger partial charge in [0.15, 0.2) is 5.76 Å². The molecule has 1 aromatic rings. The largest absolute Gasteiger partial charge is 0.455 e. The number of hydrogen-bond donors (Lipinski definition) is 0. The van der Waals surface area contributed by atoms with Crippen LogP contribution in [0.15, 0.2) is 15.4 Å². The van der Waals surface area contributed by atoms with Gasteiger partial charge in [-0.15, -0.1) is 0 Å². The van der Waals surface area contributed by atoms with Crippen LogP contribution in [0.3, 0.4) is 0 Å². The second kappa shape index (κ2) is 6.37. The summed E-state index contributed by atoms with van der Waals surface area (Å²) in [6.07, 6.45) is 1.72. The highest BCUT2D eigenvalue weighted by Gasteiger charge is 2.28. The summed E-state index contributed by atoms with van der Waals surface area (Å²) in [5.41, 5.74) is 0. The van der Waals surface area contributed by atoms with Gasteiger partial charge in [0.2, 0.25) is 0 Å². The number of likely N-dealkylation sites (tertiary alicyclic amines) is 1. The van der Waals surface area contributed by atoms with Crippen molar-refractivity contribution in [1.29, 1.82) is 0 Å². The van der Waals surface area contributed by atoms with E-state index in [1.165, 1.54) is 13.0 Å². The van der Waals surface area contributed by atoms with Gasteiger partial charge in [-0.25, -0.2) is 8.42 Å². The SMILES string of the molecule is COCC1CCN(C(=O)c2cc(S(=O)(=O)Cl)c(C)o2)CC1. The molecule has 118 valence electrons. The summed E-state index contributed by atoms with van der Waals surface area (Å²) in [7, 11) is 3.06. The van der Waals surface area contributed by atoms with Crippen LogP contribution < -0.4 is 0 Å². The smallest absolute Gasteiger partial charge is 0.289 e. The van der Waals surface area contributed by atoms with Crippen molar-refractivity contribution in [3.05, 3.63) is 17.6 Å². The fourth-order valence-electron chi connectivity index (χ4n) is 2.51. The number of halogens is 1. The fourth-order valence-corrected chi connectivity index (χ4v) is 3.60. The highest BCUT2D eigenvalue weighted by Crippen LogP contribution is 2.25. The molecule has 0 spiro atoms. The van der Waals surface area contributed by atoms with Crippen molar-refractivity contribution in [2.24, 2.45) is 5.92 Å². The van der Waals surface area contributed by atoms with E-state index in [-0.39, 0.29) is 22.3 Å². The zero-order valence-corrected chi connectivity index (χ0v) is 13.5. The van der Waals surface area contributed by atoms with Crippen LogP contribution in [0.5, 0.6) is 0 Å². The van der Waals surface area contributed by atoms with Gasteiger partial charge in [0.05, 0.1) is 0 Å². The van der Waals surface area contributed by atoms with Crippen LogP contribution in [0.25, 0.3) is 0 Å². The summed E-state index contributed by atoms with van der Waals surface area (Å²) >= 11 is 0. The molecule has 1 aromatic heterocycles. The Kier molecular flexibility index (Phi) is 4.95. The Morgan fingerprint density at radius 3 is 2.57 bits per heavy atom. The number of carbonyl (C=O) groups is 1. The summed E-state index contributed by atoms with van der Waals surface area (Å²) in [6.45, 7) is 3.37. The highest BCUT2D eigenvalue weighted by molar-refractivity contribution is 8.13. The van der Waals surface area contributed by atoms with Crippen LogP contribution in [-0.4, -0.2) is 46.0 Å². The first-order valence-electron chi connectivity index (χ1n) is 6.66. The first kappa shape index (κ1) is 16.3. The Morgan fingerprint density at radius 1 is 1.48 bits per heavy atom. The highest BCUT2D eigenvalue weighted by atomic mass is 35.7. The zero-order valence-electron chi connectivity index (χ0n) is 12.0. The second-order valence-corrected chi connectivity index (χ2v) is 7.69. The number of amides is 1. The predicted octanol–water partition coefficient (Wildman–Crippen LogP) is 2.01. The molecule has 0 aliphatic carbocycles. The molecule has 21 heavy (non-hydrogen) atoms. The van der Waals surface area contributed by atoms with Crippen molar-refractivity contribution in [2.75, 3.05) is 26.8 Å². The van der Waals surface area contributed by atoms with Crippen molar-refractivity contribution >= 4 is 25.6 Å². The van der Waals surface area contributed by atoms with E-state index in [0.717, 1.165) is 12.8 Å². The minimum atomic E-state index is -3.90. The molecular formula is C13H18ClNO5S. The van der Waals surface area contributed by atoms with Crippen molar-refractivity contribution in [3.63, 3.8) is 0 Å². The summed E-state index contributed by atoms with van der Waals surface area (Å²) in [5.74, 6) is 0.288. The van der Waals surface area contributed by atoms with E-state index in [2.05, 4.69) is 0 Å². The molecule has 0 atom stereocenters. The van der Waals surface area contributed by atoms with E-state index in [0.29, 0.717) is 25.6 Å². The van der Waals surface area contributed by atoms with E-state index in [4.69, 9.17) is 19.8 Å². The normalized spacial score (nSPS) is 17.2. The Morgan fingerprint density at radius 2 is 2.10 bits per heavy atom. The molecular weight excluding hydrogens is 318 g/mol. The number of methoxy groups -OCH3 is 1. The third-order valence-electron chi connectivity index (χ3n) is 3.65. The van der Waals surface area contributed by atoms with Crippen LogP contribution >= 0.6 is 10.7 Å². The molecule has 2 heterocycles. The number of hydrogen-bond acceptors (Lipinski definition) is 5. The van der Waals surface area contributed by atoms with Crippen molar-refractivity contribution in [2.45, 2.75) is 24.7 Å². The minimum Gasteiger partial charge on any atom is -0.455 e. The van der Waals surface area contributed by atoms with E-state index in [1.54, 1.807) is 12.0 Å². The number of rotatable bonds is 4. The average molecular weight is 336 g/mol. The number of piperidine rings is 1. The van der Waals surface area contributed by atoms with Gasteiger partial charge in [-0.1, -0.05) is 0 Å². The lowest BCUT2D eigenvalue weighted by atomic mass is 9.98. The van der Waals surface area contributed by atoms with Crippen molar-refractivity contribution in [1.82, 2.24) is 4.90 Å². The molecule has 0 radical (unpaired) electrons. The molecule has 1 aliphatic rings. The standard InChI is InChI=1S/C13H18ClNO5S/c1-9-12(21(14,17)18)7-11(20-9)13(16)15-5-3-10(4-6-15)8-19-2/h7,10H,3-6,8H2,1-2H3. The van der Waals surface area contributed by atoms with Gasteiger partial charge in [-0.3, -0.25) is 4.79 Å². The van der Waals surface area contributed by atoms with E-state index in [9.17, 15) is 13.2 Å². The van der Waals surface area contributed by atoms with Crippen LogP contribution in [-0.2, 0) is 13.8 Å². The van der Waals surface area contributed by atoms with Gasteiger partial charge < -0.3 is 14.1 Å². The Balaban J connectivity index is 2.08. The Labute approximate surface area is 128 Å². The molecule has 0 aromatic carbocycles.